The molecule has 3 nitrogen and oxygen atoms in total. The number of likely N-dealkylation sites (N-methyl/N-ethyl adjacent to an activating group) is 1. The minimum atomic E-state index is 0.575. The number of rotatable bonds is 1. The van der Waals surface area contributed by atoms with Crippen LogP contribution in [0.25, 0.3) is 11.0 Å². The van der Waals surface area contributed by atoms with Crippen LogP contribution in [0.15, 0.2) is 24.3 Å². The zero-order valence-corrected chi connectivity index (χ0v) is 9.61. The maximum atomic E-state index is 4.69. The second kappa shape index (κ2) is 3.91. The van der Waals surface area contributed by atoms with E-state index in [0.717, 1.165) is 23.4 Å². The topological polar surface area (TPSA) is 31.9 Å². The first-order valence-corrected chi connectivity index (χ1v) is 5.96. The molecule has 0 unspecified atom stereocenters. The molecular weight excluding hydrogens is 198 g/mol. The quantitative estimate of drug-likeness (QED) is 0.792. The average Bonchev–Trinajstić information content (AvgIpc) is 2.72. The van der Waals surface area contributed by atoms with Gasteiger partial charge in [-0.15, -0.1) is 0 Å². The summed E-state index contributed by atoms with van der Waals surface area (Å²) in [6.45, 7) is 2.34. The van der Waals surface area contributed by atoms with E-state index in [1.807, 2.05) is 6.07 Å². The molecule has 1 aromatic heterocycles. The molecule has 2 heterocycles. The Morgan fingerprint density at radius 1 is 1.38 bits per heavy atom. The number of H-pyrrole nitrogens is 1. The number of nitrogens with one attached hydrogen (secondary N) is 1. The Kier molecular flexibility index (Phi) is 2.40. The number of imidazole rings is 1. The van der Waals surface area contributed by atoms with Gasteiger partial charge in [0, 0.05) is 12.5 Å². The maximum Gasteiger partial charge on any atom is 0.111 e. The Bertz CT molecular complexity index is 456. The van der Waals surface area contributed by atoms with E-state index in [4.69, 9.17) is 0 Å². The number of likely N-dealkylation sites (tertiary alicyclic amines) is 1. The fourth-order valence-electron chi connectivity index (χ4n) is 2.56. The monoisotopic (exact) mass is 215 g/mol. The molecule has 0 radical (unpaired) electrons. The van der Waals surface area contributed by atoms with Crippen LogP contribution in [0.2, 0.25) is 0 Å². The summed E-state index contributed by atoms with van der Waals surface area (Å²) in [5.41, 5.74) is 2.25. The number of hydrogen-bond donors (Lipinski definition) is 1. The van der Waals surface area contributed by atoms with Crippen LogP contribution in [0.4, 0.5) is 0 Å². The molecule has 3 heteroatoms. The second-order valence-electron chi connectivity index (χ2n) is 4.74. The van der Waals surface area contributed by atoms with Crippen molar-refractivity contribution >= 4 is 11.0 Å². The lowest BCUT2D eigenvalue weighted by atomic mass is 9.98. The van der Waals surface area contributed by atoms with E-state index in [0.29, 0.717) is 5.92 Å². The summed E-state index contributed by atoms with van der Waals surface area (Å²) in [5.74, 6) is 1.74. The second-order valence-corrected chi connectivity index (χ2v) is 4.74. The van der Waals surface area contributed by atoms with Gasteiger partial charge in [0.25, 0.3) is 0 Å². The molecule has 0 aliphatic carbocycles. The Morgan fingerprint density at radius 3 is 3.06 bits per heavy atom. The summed E-state index contributed by atoms with van der Waals surface area (Å²) in [7, 11) is 2.19. The number of para-hydroxylation sites is 2. The predicted molar refractivity (Wildman–Crippen MR) is 65.6 cm³/mol. The van der Waals surface area contributed by atoms with Crippen molar-refractivity contribution in [2.75, 3.05) is 20.1 Å². The Labute approximate surface area is 95.5 Å². The van der Waals surface area contributed by atoms with Crippen LogP contribution in [0.1, 0.15) is 24.6 Å². The fraction of sp³-hybridized carbons (Fsp3) is 0.462. The van der Waals surface area contributed by atoms with Gasteiger partial charge in [-0.2, -0.15) is 0 Å². The average molecular weight is 215 g/mol. The Morgan fingerprint density at radius 2 is 2.25 bits per heavy atom. The molecule has 1 aliphatic heterocycles. The van der Waals surface area contributed by atoms with Crippen molar-refractivity contribution in [2.24, 2.45) is 0 Å². The SMILES string of the molecule is CN1CCC[C@@H](c2nc3ccccc3[nH]2)C1. The Hall–Kier alpha value is -1.35. The van der Waals surface area contributed by atoms with Crippen LogP contribution < -0.4 is 0 Å². The molecule has 0 amide bonds. The molecular formula is C13H17N3. The summed E-state index contributed by atoms with van der Waals surface area (Å²) < 4.78 is 0. The van der Waals surface area contributed by atoms with Gasteiger partial charge >= 0.3 is 0 Å². The Balaban J connectivity index is 1.93. The summed E-state index contributed by atoms with van der Waals surface area (Å²) >= 11 is 0. The summed E-state index contributed by atoms with van der Waals surface area (Å²) in [6, 6.07) is 8.26. The lowest BCUT2D eigenvalue weighted by Crippen LogP contribution is -2.31. The highest BCUT2D eigenvalue weighted by atomic mass is 15.1. The van der Waals surface area contributed by atoms with E-state index in [2.05, 4.69) is 40.1 Å². The van der Waals surface area contributed by atoms with E-state index in [9.17, 15) is 0 Å². The van der Waals surface area contributed by atoms with Gasteiger partial charge in [0.1, 0.15) is 5.82 Å². The fourth-order valence-corrected chi connectivity index (χ4v) is 2.56. The molecule has 3 rings (SSSR count). The smallest absolute Gasteiger partial charge is 0.111 e. The first-order valence-electron chi connectivity index (χ1n) is 5.96. The van der Waals surface area contributed by atoms with Crippen LogP contribution in [-0.2, 0) is 0 Å². The van der Waals surface area contributed by atoms with Crippen molar-refractivity contribution in [3.63, 3.8) is 0 Å². The molecule has 16 heavy (non-hydrogen) atoms. The largest absolute Gasteiger partial charge is 0.342 e. The number of nitrogens with zero attached hydrogens (tertiary/aromatic N) is 2. The predicted octanol–water partition coefficient (Wildman–Crippen LogP) is 2.37. The lowest BCUT2D eigenvalue weighted by Gasteiger charge is -2.28. The van der Waals surface area contributed by atoms with Crippen molar-refractivity contribution in [3.05, 3.63) is 30.1 Å². The molecule has 2 aromatic rings. The molecule has 0 spiro atoms. The van der Waals surface area contributed by atoms with Gasteiger partial charge in [-0.25, -0.2) is 4.98 Å². The van der Waals surface area contributed by atoms with Crippen LogP contribution in [0.5, 0.6) is 0 Å². The highest BCUT2D eigenvalue weighted by Crippen LogP contribution is 2.25. The molecule has 0 bridgehead atoms. The van der Waals surface area contributed by atoms with Gasteiger partial charge in [-0.1, -0.05) is 12.1 Å². The number of aromatic nitrogens is 2. The van der Waals surface area contributed by atoms with E-state index in [1.54, 1.807) is 0 Å². The zero-order chi connectivity index (χ0) is 11.0. The van der Waals surface area contributed by atoms with Crippen molar-refractivity contribution in [1.82, 2.24) is 14.9 Å². The highest BCUT2D eigenvalue weighted by Gasteiger charge is 2.21. The van der Waals surface area contributed by atoms with E-state index < -0.39 is 0 Å². The molecule has 1 aromatic carbocycles. The van der Waals surface area contributed by atoms with Crippen molar-refractivity contribution in [3.8, 4) is 0 Å². The van der Waals surface area contributed by atoms with Gasteiger partial charge in [0.2, 0.25) is 0 Å². The van der Waals surface area contributed by atoms with Crippen LogP contribution in [-0.4, -0.2) is 35.0 Å². The number of hydrogen-bond acceptors (Lipinski definition) is 2. The van der Waals surface area contributed by atoms with Gasteiger partial charge in [0.15, 0.2) is 0 Å². The lowest BCUT2D eigenvalue weighted by molar-refractivity contribution is 0.246. The third-order valence-corrected chi connectivity index (χ3v) is 3.42. The summed E-state index contributed by atoms with van der Waals surface area (Å²) in [6.07, 6.45) is 2.53. The van der Waals surface area contributed by atoms with Gasteiger partial charge in [-0.05, 0) is 38.6 Å². The third kappa shape index (κ3) is 1.71. The van der Waals surface area contributed by atoms with Gasteiger partial charge in [-0.3, -0.25) is 0 Å². The number of benzene rings is 1. The van der Waals surface area contributed by atoms with Crippen molar-refractivity contribution in [1.29, 1.82) is 0 Å². The molecule has 84 valence electrons. The van der Waals surface area contributed by atoms with E-state index >= 15 is 0 Å². The standard InChI is InChI=1S/C13H17N3/c1-16-8-4-5-10(9-16)13-14-11-6-2-3-7-12(11)15-13/h2-3,6-7,10H,4-5,8-9H2,1H3,(H,14,15)/t10-/m1/s1. The van der Waals surface area contributed by atoms with Crippen molar-refractivity contribution < 1.29 is 0 Å². The molecule has 0 saturated carbocycles. The normalized spacial score (nSPS) is 22.7. The van der Waals surface area contributed by atoms with E-state index in [-0.39, 0.29) is 0 Å². The number of piperidine rings is 1. The molecule has 1 aliphatic rings. The zero-order valence-electron chi connectivity index (χ0n) is 9.61. The van der Waals surface area contributed by atoms with Gasteiger partial charge < -0.3 is 9.88 Å². The molecule has 1 saturated heterocycles. The molecule has 1 atom stereocenters. The van der Waals surface area contributed by atoms with E-state index in [1.165, 1.54) is 19.4 Å². The van der Waals surface area contributed by atoms with Crippen LogP contribution >= 0.6 is 0 Å². The number of fused-ring (bicyclic) bond motifs is 1. The van der Waals surface area contributed by atoms with Crippen LogP contribution in [0, 0.1) is 0 Å². The molecule has 1 fully saturated rings. The first-order chi connectivity index (χ1) is 7.83. The minimum absolute atomic E-state index is 0.575. The third-order valence-electron chi connectivity index (χ3n) is 3.42. The molecule has 1 N–H and O–H groups in total. The summed E-state index contributed by atoms with van der Waals surface area (Å²) in [4.78, 5) is 10.5. The van der Waals surface area contributed by atoms with Crippen LogP contribution in [0.3, 0.4) is 0 Å². The van der Waals surface area contributed by atoms with Gasteiger partial charge in [0.05, 0.1) is 11.0 Å². The minimum Gasteiger partial charge on any atom is -0.342 e. The summed E-state index contributed by atoms with van der Waals surface area (Å²) in [5, 5.41) is 0. The van der Waals surface area contributed by atoms with Crippen molar-refractivity contribution in [2.45, 2.75) is 18.8 Å². The number of aromatic amines is 1. The maximum absolute atomic E-state index is 4.69. The first kappa shape index (κ1) is 9.85. The highest BCUT2D eigenvalue weighted by molar-refractivity contribution is 5.74.